The molecule has 0 radical (unpaired) electrons. The summed E-state index contributed by atoms with van der Waals surface area (Å²) < 4.78 is 21.7. The monoisotopic (exact) mass is 304 g/mol. The Balaban J connectivity index is 2.81. The average molecular weight is 304 g/mol. The Morgan fingerprint density at radius 2 is 0.864 bits per heavy atom. The lowest BCUT2D eigenvalue weighted by molar-refractivity contribution is 0.154. The van der Waals surface area contributed by atoms with Gasteiger partial charge in [-0.25, -0.2) is 0 Å². The van der Waals surface area contributed by atoms with Crippen molar-refractivity contribution < 1.29 is 18.9 Å². The summed E-state index contributed by atoms with van der Waals surface area (Å²) in [6.45, 7) is 2.14. The summed E-state index contributed by atoms with van der Waals surface area (Å²) in [5.41, 5.74) is 4.59. The van der Waals surface area contributed by atoms with Gasteiger partial charge < -0.3 is 18.9 Å². The summed E-state index contributed by atoms with van der Waals surface area (Å²) in [5.74, 6) is 0. The number of methoxy groups -OCH3 is 4. The zero-order valence-corrected chi connectivity index (χ0v) is 13.8. The van der Waals surface area contributed by atoms with E-state index in [1.807, 2.05) is 12.1 Å². The van der Waals surface area contributed by atoms with Gasteiger partial charge in [-0.05, 0) is 33.0 Å². The highest BCUT2D eigenvalue weighted by Crippen LogP contribution is 2.33. The molecule has 0 heterocycles. The molecule has 4 heteroatoms. The molecule has 0 spiro atoms. The molecule has 0 saturated carbocycles. The van der Waals surface area contributed by atoms with E-state index < -0.39 is 0 Å². The average Bonchev–Trinajstić information content (AvgIpc) is 2.54. The summed E-state index contributed by atoms with van der Waals surface area (Å²) in [7, 11) is 6.84. The maximum atomic E-state index is 5.43. The van der Waals surface area contributed by atoms with Gasteiger partial charge in [-0.1, -0.05) is 24.3 Å². The van der Waals surface area contributed by atoms with Gasteiger partial charge in [0, 0.05) is 28.4 Å². The van der Waals surface area contributed by atoms with E-state index in [4.69, 9.17) is 18.9 Å². The molecule has 0 N–H and O–H groups in total. The zero-order valence-electron chi connectivity index (χ0n) is 13.8. The summed E-state index contributed by atoms with van der Waals surface area (Å²) in [5, 5.41) is 2.37. The van der Waals surface area contributed by atoms with Crippen molar-refractivity contribution in [3.8, 4) is 0 Å². The highest BCUT2D eigenvalue weighted by Gasteiger charge is 2.18. The molecule has 0 aliphatic rings. The molecule has 0 saturated heterocycles. The Kier molecular flexibility index (Phi) is 6.34. The van der Waals surface area contributed by atoms with Crippen LogP contribution in [-0.4, -0.2) is 28.4 Å². The molecule has 0 aliphatic carbocycles. The quantitative estimate of drug-likeness (QED) is 0.749. The first kappa shape index (κ1) is 16.9. The molecule has 0 aromatic heterocycles. The standard InChI is InChI=1S/C18H24O4/c1-19-9-15-13-7-5-6-8-14(13)16(10-20-2)18(12-22-4)17(15)11-21-3/h5-8H,9-12H2,1-4H3. The van der Waals surface area contributed by atoms with Crippen LogP contribution in [-0.2, 0) is 45.4 Å². The van der Waals surface area contributed by atoms with Gasteiger partial charge >= 0.3 is 0 Å². The van der Waals surface area contributed by atoms with Gasteiger partial charge in [-0.3, -0.25) is 0 Å². The van der Waals surface area contributed by atoms with E-state index in [1.54, 1.807) is 28.4 Å². The number of fused-ring (bicyclic) bond motifs is 1. The van der Waals surface area contributed by atoms with Crippen molar-refractivity contribution in [2.45, 2.75) is 26.4 Å². The first-order valence-electron chi connectivity index (χ1n) is 7.28. The van der Waals surface area contributed by atoms with Crippen molar-refractivity contribution in [3.63, 3.8) is 0 Å². The van der Waals surface area contributed by atoms with Crippen LogP contribution in [0.5, 0.6) is 0 Å². The van der Waals surface area contributed by atoms with Crippen LogP contribution in [0.25, 0.3) is 10.8 Å². The fraction of sp³-hybridized carbons (Fsp3) is 0.444. The highest BCUT2D eigenvalue weighted by atomic mass is 16.5. The summed E-state index contributed by atoms with van der Waals surface area (Å²) in [6, 6.07) is 8.34. The first-order valence-corrected chi connectivity index (χ1v) is 7.28. The third-order valence-electron chi connectivity index (χ3n) is 3.82. The molecular formula is C18H24O4. The first-order chi connectivity index (χ1) is 10.8. The zero-order chi connectivity index (χ0) is 15.9. The fourth-order valence-electron chi connectivity index (χ4n) is 2.95. The molecule has 0 atom stereocenters. The maximum absolute atomic E-state index is 5.43. The van der Waals surface area contributed by atoms with Gasteiger partial charge in [0.1, 0.15) is 0 Å². The largest absolute Gasteiger partial charge is 0.380 e. The third-order valence-corrected chi connectivity index (χ3v) is 3.82. The van der Waals surface area contributed by atoms with E-state index in [0.717, 1.165) is 22.3 Å². The van der Waals surface area contributed by atoms with E-state index in [2.05, 4.69) is 12.1 Å². The lowest BCUT2D eigenvalue weighted by Gasteiger charge is -2.21. The number of hydrogen-bond donors (Lipinski definition) is 0. The molecular weight excluding hydrogens is 280 g/mol. The van der Waals surface area contributed by atoms with Crippen molar-refractivity contribution in [2.24, 2.45) is 0 Å². The molecule has 2 rings (SSSR count). The van der Waals surface area contributed by atoms with Crippen molar-refractivity contribution in [1.29, 1.82) is 0 Å². The van der Waals surface area contributed by atoms with Crippen LogP contribution in [0.2, 0.25) is 0 Å². The van der Waals surface area contributed by atoms with E-state index in [1.165, 1.54) is 10.8 Å². The van der Waals surface area contributed by atoms with E-state index >= 15 is 0 Å². The molecule has 4 nitrogen and oxygen atoms in total. The highest BCUT2D eigenvalue weighted by molar-refractivity contribution is 5.91. The van der Waals surface area contributed by atoms with Crippen LogP contribution in [0.4, 0.5) is 0 Å². The Morgan fingerprint density at radius 1 is 0.545 bits per heavy atom. The second kappa shape index (κ2) is 8.25. The summed E-state index contributed by atoms with van der Waals surface area (Å²) in [6.07, 6.45) is 0. The minimum atomic E-state index is 0.527. The number of hydrogen-bond acceptors (Lipinski definition) is 4. The van der Waals surface area contributed by atoms with Crippen molar-refractivity contribution >= 4 is 10.8 Å². The van der Waals surface area contributed by atoms with Crippen LogP contribution in [0.3, 0.4) is 0 Å². The van der Waals surface area contributed by atoms with Gasteiger partial charge in [-0.2, -0.15) is 0 Å². The van der Waals surface area contributed by atoms with Crippen LogP contribution >= 0.6 is 0 Å². The lowest BCUT2D eigenvalue weighted by atomic mass is 9.90. The molecule has 0 amide bonds. The van der Waals surface area contributed by atoms with Crippen LogP contribution in [0.1, 0.15) is 22.3 Å². The Bertz CT molecular complexity index is 568. The second-order valence-electron chi connectivity index (χ2n) is 5.19. The number of ether oxygens (including phenoxy) is 4. The fourth-order valence-corrected chi connectivity index (χ4v) is 2.95. The van der Waals surface area contributed by atoms with Gasteiger partial charge in [0.15, 0.2) is 0 Å². The maximum Gasteiger partial charge on any atom is 0.0722 e. The third kappa shape index (κ3) is 3.31. The van der Waals surface area contributed by atoms with E-state index in [9.17, 15) is 0 Å². The topological polar surface area (TPSA) is 36.9 Å². The molecule has 2 aromatic carbocycles. The molecule has 22 heavy (non-hydrogen) atoms. The van der Waals surface area contributed by atoms with Gasteiger partial charge in [0.2, 0.25) is 0 Å². The predicted octanol–water partition coefficient (Wildman–Crippen LogP) is 3.43. The number of rotatable bonds is 8. The Morgan fingerprint density at radius 3 is 1.18 bits per heavy atom. The minimum absolute atomic E-state index is 0.527. The molecule has 2 aromatic rings. The number of benzene rings is 2. The van der Waals surface area contributed by atoms with Crippen LogP contribution in [0, 0.1) is 0 Å². The minimum Gasteiger partial charge on any atom is -0.380 e. The Labute approximate surface area is 131 Å². The molecule has 120 valence electrons. The van der Waals surface area contributed by atoms with Crippen molar-refractivity contribution in [1.82, 2.24) is 0 Å². The summed E-state index contributed by atoms with van der Waals surface area (Å²) in [4.78, 5) is 0. The van der Waals surface area contributed by atoms with Crippen molar-refractivity contribution in [2.75, 3.05) is 28.4 Å². The smallest absolute Gasteiger partial charge is 0.0722 e. The molecule has 0 fully saturated rings. The van der Waals surface area contributed by atoms with Gasteiger partial charge in [-0.15, -0.1) is 0 Å². The predicted molar refractivity (Wildman–Crippen MR) is 86.8 cm³/mol. The van der Waals surface area contributed by atoms with Crippen molar-refractivity contribution in [3.05, 3.63) is 46.5 Å². The normalized spacial score (nSPS) is 11.3. The molecule has 0 unspecified atom stereocenters. The van der Waals surface area contributed by atoms with E-state index in [0.29, 0.717) is 26.4 Å². The second-order valence-corrected chi connectivity index (χ2v) is 5.19. The molecule has 0 aliphatic heterocycles. The SMILES string of the molecule is COCc1c(COC)c(COC)c2ccccc2c1COC. The molecule has 0 bridgehead atoms. The van der Waals surface area contributed by atoms with E-state index in [-0.39, 0.29) is 0 Å². The van der Waals surface area contributed by atoms with Gasteiger partial charge in [0.05, 0.1) is 26.4 Å². The summed E-state index contributed by atoms with van der Waals surface area (Å²) >= 11 is 0. The van der Waals surface area contributed by atoms with Crippen LogP contribution < -0.4 is 0 Å². The van der Waals surface area contributed by atoms with Crippen LogP contribution in [0.15, 0.2) is 24.3 Å². The van der Waals surface area contributed by atoms with Gasteiger partial charge in [0.25, 0.3) is 0 Å². The lowest BCUT2D eigenvalue weighted by Crippen LogP contribution is -2.10. The Hall–Kier alpha value is -1.46.